The van der Waals surface area contributed by atoms with Gasteiger partial charge in [-0.15, -0.1) is 10.2 Å². The molecule has 0 aromatic carbocycles. The highest BCUT2D eigenvalue weighted by Gasteiger charge is 2.27. The Hall–Kier alpha value is -2.75. The molecular weight excluding hydrogens is 290 g/mol. The molecule has 3 heterocycles. The highest BCUT2D eigenvalue weighted by Crippen LogP contribution is 2.36. The van der Waals surface area contributed by atoms with Crippen LogP contribution in [0.5, 0.6) is 0 Å². The maximum atomic E-state index is 9.17. The van der Waals surface area contributed by atoms with Crippen molar-refractivity contribution >= 4 is 11.0 Å². The Balaban J connectivity index is 1.70. The van der Waals surface area contributed by atoms with Gasteiger partial charge in [0.15, 0.2) is 5.65 Å². The van der Waals surface area contributed by atoms with E-state index in [0.29, 0.717) is 18.0 Å². The van der Waals surface area contributed by atoms with E-state index in [1.807, 2.05) is 23.1 Å². The number of hydrogen-bond acceptors (Lipinski definition) is 5. The van der Waals surface area contributed by atoms with E-state index in [-0.39, 0.29) is 6.04 Å². The Morgan fingerprint density at radius 3 is 3.04 bits per heavy atom. The zero-order valence-corrected chi connectivity index (χ0v) is 12.7. The third-order valence-corrected chi connectivity index (χ3v) is 4.73. The molecule has 116 valence electrons. The first-order valence-electron chi connectivity index (χ1n) is 7.95. The Kier molecular flexibility index (Phi) is 3.50. The van der Waals surface area contributed by atoms with Crippen molar-refractivity contribution in [3.05, 3.63) is 24.7 Å². The van der Waals surface area contributed by atoms with E-state index in [1.54, 1.807) is 6.20 Å². The molecule has 7 heteroatoms. The summed E-state index contributed by atoms with van der Waals surface area (Å²) in [6.45, 7) is 0. The number of rotatable bonds is 4. The third kappa shape index (κ3) is 2.46. The first-order valence-corrected chi connectivity index (χ1v) is 7.95. The van der Waals surface area contributed by atoms with Crippen molar-refractivity contribution in [2.24, 2.45) is 5.92 Å². The lowest BCUT2D eigenvalue weighted by Crippen LogP contribution is -2.17. The van der Waals surface area contributed by atoms with Gasteiger partial charge in [0.2, 0.25) is 0 Å². The van der Waals surface area contributed by atoms with E-state index in [4.69, 9.17) is 5.26 Å². The number of aromatic nitrogens is 6. The van der Waals surface area contributed by atoms with Crippen molar-refractivity contribution in [3.63, 3.8) is 0 Å². The number of nitrogens with one attached hydrogen (secondary N) is 1. The molecule has 3 aromatic rings. The second kappa shape index (κ2) is 5.80. The number of hydrogen-bond donors (Lipinski definition) is 1. The molecule has 0 spiro atoms. The first kappa shape index (κ1) is 13.9. The molecule has 0 bridgehead atoms. The van der Waals surface area contributed by atoms with E-state index in [9.17, 15) is 0 Å². The van der Waals surface area contributed by atoms with Crippen LogP contribution < -0.4 is 0 Å². The number of H-pyrrole nitrogens is 1. The lowest BCUT2D eigenvalue weighted by molar-refractivity contribution is 0.315. The third-order valence-electron chi connectivity index (χ3n) is 4.73. The number of nitrogens with zero attached hydrogens (tertiary/aromatic N) is 6. The van der Waals surface area contributed by atoms with Crippen molar-refractivity contribution in [1.29, 1.82) is 5.26 Å². The summed E-state index contributed by atoms with van der Waals surface area (Å²) >= 11 is 0. The predicted octanol–water partition coefficient (Wildman–Crippen LogP) is 2.86. The van der Waals surface area contributed by atoms with Crippen LogP contribution in [0.3, 0.4) is 0 Å². The van der Waals surface area contributed by atoms with Gasteiger partial charge in [-0.3, -0.25) is 4.68 Å². The summed E-state index contributed by atoms with van der Waals surface area (Å²) < 4.78 is 1.94. The van der Waals surface area contributed by atoms with Gasteiger partial charge in [-0.2, -0.15) is 10.4 Å². The topological polar surface area (TPSA) is 96.1 Å². The SMILES string of the molecule is N#CCC(C1CCCC1)n1cc(-c2nnnc3[nH]ccc23)cn1. The average Bonchev–Trinajstić information content (AvgIpc) is 3.32. The zero-order valence-electron chi connectivity index (χ0n) is 12.7. The summed E-state index contributed by atoms with van der Waals surface area (Å²) in [7, 11) is 0. The number of nitriles is 1. The van der Waals surface area contributed by atoms with Crippen LogP contribution in [-0.2, 0) is 0 Å². The van der Waals surface area contributed by atoms with Gasteiger partial charge in [0, 0.05) is 23.3 Å². The monoisotopic (exact) mass is 307 g/mol. The summed E-state index contributed by atoms with van der Waals surface area (Å²) in [6, 6.07) is 4.40. The standard InChI is InChI=1S/C16H17N7/c17-7-5-14(11-3-1-2-4-11)23-10-12(9-19-23)15-13-6-8-18-16(13)21-22-20-15/h6,8-11,14H,1-5H2,(H,18,20,21). The first-order chi connectivity index (χ1) is 11.4. The van der Waals surface area contributed by atoms with E-state index in [0.717, 1.165) is 16.6 Å². The maximum Gasteiger partial charge on any atom is 0.164 e. The van der Waals surface area contributed by atoms with Crippen molar-refractivity contribution in [2.45, 2.75) is 38.1 Å². The van der Waals surface area contributed by atoms with Gasteiger partial charge in [-0.05, 0) is 30.0 Å². The van der Waals surface area contributed by atoms with E-state index in [1.165, 1.54) is 25.7 Å². The lowest BCUT2D eigenvalue weighted by atomic mass is 9.96. The normalized spacial score (nSPS) is 16.7. The smallest absolute Gasteiger partial charge is 0.164 e. The van der Waals surface area contributed by atoms with Crippen molar-refractivity contribution in [2.75, 3.05) is 0 Å². The lowest BCUT2D eigenvalue weighted by Gasteiger charge is -2.21. The Morgan fingerprint density at radius 2 is 2.22 bits per heavy atom. The van der Waals surface area contributed by atoms with Crippen LogP contribution in [0.2, 0.25) is 0 Å². The Morgan fingerprint density at radius 1 is 1.35 bits per heavy atom. The number of fused-ring (bicyclic) bond motifs is 1. The molecule has 0 amide bonds. The van der Waals surface area contributed by atoms with Crippen molar-refractivity contribution in [1.82, 2.24) is 30.2 Å². The van der Waals surface area contributed by atoms with Crippen LogP contribution in [0.25, 0.3) is 22.3 Å². The van der Waals surface area contributed by atoms with E-state index >= 15 is 0 Å². The second-order valence-corrected chi connectivity index (χ2v) is 6.06. The van der Waals surface area contributed by atoms with Gasteiger partial charge in [-0.25, -0.2) is 0 Å². The minimum absolute atomic E-state index is 0.146. The molecule has 1 saturated carbocycles. The van der Waals surface area contributed by atoms with Crippen molar-refractivity contribution < 1.29 is 0 Å². The summed E-state index contributed by atoms with van der Waals surface area (Å²) in [5.41, 5.74) is 2.39. The van der Waals surface area contributed by atoms with Crippen LogP contribution >= 0.6 is 0 Å². The highest BCUT2D eigenvalue weighted by atomic mass is 15.3. The zero-order chi connectivity index (χ0) is 15.6. The molecule has 1 unspecified atom stereocenters. The Bertz CT molecular complexity index is 851. The second-order valence-electron chi connectivity index (χ2n) is 6.06. The molecule has 1 atom stereocenters. The molecule has 3 aromatic heterocycles. The molecule has 23 heavy (non-hydrogen) atoms. The van der Waals surface area contributed by atoms with Crippen molar-refractivity contribution in [3.8, 4) is 17.3 Å². The molecule has 4 rings (SSSR count). The predicted molar refractivity (Wildman–Crippen MR) is 84.1 cm³/mol. The molecule has 0 aliphatic heterocycles. The molecule has 1 aliphatic rings. The van der Waals surface area contributed by atoms with Crippen LogP contribution in [-0.4, -0.2) is 30.2 Å². The average molecular weight is 307 g/mol. The van der Waals surface area contributed by atoms with E-state index < -0.39 is 0 Å². The fraction of sp³-hybridized carbons (Fsp3) is 0.438. The summed E-state index contributed by atoms with van der Waals surface area (Å²) in [5.74, 6) is 0.540. The Labute approximate surface area is 133 Å². The highest BCUT2D eigenvalue weighted by molar-refractivity contribution is 5.89. The van der Waals surface area contributed by atoms with Crippen LogP contribution in [0, 0.1) is 17.2 Å². The van der Waals surface area contributed by atoms with Gasteiger partial charge >= 0.3 is 0 Å². The molecule has 7 nitrogen and oxygen atoms in total. The number of aromatic amines is 1. The quantitative estimate of drug-likeness (QED) is 0.799. The van der Waals surface area contributed by atoms with Crippen LogP contribution in [0.15, 0.2) is 24.7 Å². The summed E-state index contributed by atoms with van der Waals surface area (Å²) in [4.78, 5) is 3.04. The van der Waals surface area contributed by atoms with E-state index in [2.05, 4.69) is 31.6 Å². The largest absolute Gasteiger partial charge is 0.345 e. The summed E-state index contributed by atoms with van der Waals surface area (Å²) in [5, 5.41) is 26.6. The minimum atomic E-state index is 0.146. The van der Waals surface area contributed by atoms with Gasteiger partial charge < -0.3 is 4.98 Å². The van der Waals surface area contributed by atoms with Crippen LogP contribution in [0.4, 0.5) is 0 Å². The minimum Gasteiger partial charge on any atom is -0.345 e. The molecule has 1 fully saturated rings. The fourth-order valence-electron chi connectivity index (χ4n) is 3.57. The van der Waals surface area contributed by atoms with Gasteiger partial charge in [0.1, 0.15) is 5.69 Å². The molecule has 0 radical (unpaired) electrons. The summed E-state index contributed by atoms with van der Waals surface area (Å²) in [6.07, 6.45) is 11.0. The fourth-order valence-corrected chi connectivity index (χ4v) is 3.57. The molecule has 1 N–H and O–H groups in total. The molecule has 0 saturated heterocycles. The van der Waals surface area contributed by atoms with Gasteiger partial charge in [-0.1, -0.05) is 12.8 Å². The maximum absolute atomic E-state index is 9.17. The van der Waals surface area contributed by atoms with Gasteiger partial charge in [0.05, 0.1) is 24.7 Å². The van der Waals surface area contributed by atoms with Gasteiger partial charge in [0.25, 0.3) is 0 Å². The molecular formula is C16H17N7. The molecule has 1 aliphatic carbocycles. The van der Waals surface area contributed by atoms with Crippen LogP contribution in [0.1, 0.15) is 38.1 Å².